The van der Waals surface area contributed by atoms with Crippen LogP contribution in [0.4, 0.5) is 0 Å². The molecule has 0 saturated carbocycles. The molecule has 0 amide bonds. The molecule has 2 aromatic rings. The maximum Gasteiger partial charge on any atom is 0.103 e. The van der Waals surface area contributed by atoms with Crippen molar-refractivity contribution in [2.45, 2.75) is 20.0 Å². The number of aromatic amines is 1. The first-order valence-corrected chi connectivity index (χ1v) is 4.98. The molecule has 2 N–H and O–H groups in total. The van der Waals surface area contributed by atoms with Gasteiger partial charge in [-0.2, -0.15) is 0 Å². The molecule has 1 heterocycles. The number of H-pyrrole nitrogens is 1. The fraction of sp³-hybridized carbons (Fsp3) is 0.250. The van der Waals surface area contributed by atoms with Crippen molar-refractivity contribution in [3.8, 4) is 0 Å². The van der Waals surface area contributed by atoms with E-state index in [9.17, 15) is 0 Å². The summed E-state index contributed by atoms with van der Waals surface area (Å²) in [4.78, 5) is 7.41. The summed E-state index contributed by atoms with van der Waals surface area (Å²) < 4.78 is 0. The largest absolute Gasteiger partial charge is 0.390 e. The molecule has 3 nitrogen and oxygen atoms in total. The Morgan fingerprint density at radius 1 is 1.27 bits per heavy atom. The number of nitrogens with one attached hydrogen (secondary N) is 1. The van der Waals surface area contributed by atoms with Crippen molar-refractivity contribution in [2.75, 3.05) is 0 Å². The monoisotopic (exact) mass is 202 g/mol. The minimum Gasteiger partial charge on any atom is -0.390 e. The Morgan fingerprint density at radius 3 is 2.67 bits per heavy atom. The summed E-state index contributed by atoms with van der Waals surface area (Å²) in [5, 5.41) is 9.14. The number of aromatic nitrogens is 2. The number of aliphatic hydroxyl groups excluding tert-OH is 1. The smallest absolute Gasteiger partial charge is 0.103 e. The van der Waals surface area contributed by atoms with Gasteiger partial charge in [-0.3, -0.25) is 0 Å². The highest BCUT2D eigenvalue weighted by atomic mass is 16.3. The number of benzene rings is 1. The Labute approximate surface area is 88.8 Å². The van der Waals surface area contributed by atoms with Crippen LogP contribution in [0.15, 0.2) is 30.3 Å². The topological polar surface area (TPSA) is 48.9 Å². The molecular formula is C12H14N2O. The molecule has 0 aliphatic rings. The number of rotatable bonds is 3. The van der Waals surface area contributed by atoms with Crippen LogP contribution in [0.3, 0.4) is 0 Å². The maximum absolute atomic E-state index is 9.14. The minimum absolute atomic E-state index is 0.0169. The Morgan fingerprint density at radius 2 is 2.00 bits per heavy atom. The van der Waals surface area contributed by atoms with Crippen molar-refractivity contribution < 1.29 is 5.11 Å². The van der Waals surface area contributed by atoms with Gasteiger partial charge in [0.05, 0.1) is 18.0 Å². The van der Waals surface area contributed by atoms with Crippen LogP contribution in [0.5, 0.6) is 0 Å². The molecular weight excluding hydrogens is 188 g/mol. The van der Waals surface area contributed by atoms with E-state index in [0.29, 0.717) is 0 Å². The van der Waals surface area contributed by atoms with E-state index in [2.05, 4.69) is 22.1 Å². The third-order valence-corrected chi connectivity index (χ3v) is 2.36. The highest BCUT2D eigenvalue weighted by Gasteiger charge is 2.07. The molecule has 0 aliphatic carbocycles. The molecule has 0 atom stereocenters. The van der Waals surface area contributed by atoms with E-state index >= 15 is 0 Å². The number of aliphatic hydroxyl groups is 1. The van der Waals surface area contributed by atoms with Crippen molar-refractivity contribution in [3.63, 3.8) is 0 Å². The van der Waals surface area contributed by atoms with Crippen molar-refractivity contribution in [3.05, 3.63) is 53.1 Å². The minimum atomic E-state index is 0.0169. The Hall–Kier alpha value is -1.61. The van der Waals surface area contributed by atoms with E-state index in [-0.39, 0.29) is 6.61 Å². The Bertz CT molecular complexity index is 434. The quantitative estimate of drug-likeness (QED) is 0.797. The average Bonchev–Trinajstić information content (AvgIpc) is 2.60. The zero-order valence-electron chi connectivity index (χ0n) is 8.70. The molecule has 0 spiro atoms. The van der Waals surface area contributed by atoms with Crippen LogP contribution in [0, 0.1) is 6.92 Å². The lowest BCUT2D eigenvalue weighted by atomic mass is 10.1. The first kappa shape index (κ1) is 9.93. The molecule has 0 saturated heterocycles. The summed E-state index contributed by atoms with van der Waals surface area (Å²) in [6.07, 6.45) is 0.765. The maximum atomic E-state index is 9.14. The Balaban J connectivity index is 2.24. The third kappa shape index (κ3) is 2.25. The number of hydrogen-bond acceptors (Lipinski definition) is 2. The van der Waals surface area contributed by atoms with Gasteiger partial charge >= 0.3 is 0 Å². The Kier molecular flexibility index (Phi) is 2.83. The van der Waals surface area contributed by atoms with E-state index in [1.54, 1.807) is 0 Å². The zero-order valence-corrected chi connectivity index (χ0v) is 8.70. The molecule has 3 heteroatoms. The van der Waals surface area contributed by atoms with Crippen molar-refractivity contribution in [1.82, 2.24) is 9.97 Å². The highest BCUT2D eigenvalue weighted by molar-refractivity contribution is 5.24. The molecule has 78 valence electrons. The summed E-state index contributed by atoms with van der Waals surface area (Å²) in [5.74, 6) is 0.852. The predicted octanol–water partition coefficient (Wildman–Crippen LogP) is 1.80. The van der Waals surface area contributed by atoms with Gasteiger partial charge in [-0.1, -0.05) is 30.3 Å². The van der Waals surface area contributed by atoms with Crippen molar-refractivity contribution in [1.29, 1.82) is 0 Å². The normalized spacial score (nSPS) is 10.5. The highest BCUT2D eigenvalue weighted by Crippen LogP contribution is 2.12. The van der Waals surface area contributed by atoms with Crippen LogP contribution in [0.1, 0.15) is 22.8 Å². The molecule has 0 unspecified atom stereocenters. The third-order valence-electron chi connectivity index (χ3n) is 2.36. The van der Waals surface area contributed by atoms with E-state index in [4.69, 9.17) is 5.11 Å². The lowest BCUT2D eigenvalue weighted by Gasteiger charge is -1.99. The second-order valence-corrected chi connectivity index (χ2v) is 3.57. The predicted molar refractivity (Wildman–Crippen MR) is 58.5 cm³/mol. The molecule has 0 fully saturated rings. The fourth-order valence-corrected chi connectivity index (χ4v) is 1.65. The van der Waals surface area contributed by atoms with Crippen LogP contribution in [0.25, 0.3) is 0 Å². The molecule has 0 radical (unpaired) electrons. The second kappa shape index (κ2) is 4.28. The van der Waals surface area contributed by atoms with Crippen LogP contribution in [-0.2, 0) is 13.0 Å². The van der Waals surface area contributed by atoms with Gasteiger partial charge in [0, 0.05) is 6.42 Å². The lowest BCUT2D eigenvalue weighted by molar-refractivity contribution is 0.276. The van der Waals surface area contributed by atoms with Gasteiger partial charge in [0.15, 0.2) is 0 Å². The van der Waals surface area contributed by atoms with E-state index in [1.807, 2.05) is 25.1 Å². The number of hydrogen-bond donors (Lipinski definition) is 2. The summed E-state index contributed by atoms with van der Waals surface area (Å²) in [6, 6.07) is 10.1. The van der Waals surface area contributed by atoms with E-state index in [0.717, 1.165) is 23.6 Å². The second-order valence-electron chi connectivity index (χ2n) is 3.57. The van der Waals surface area contributed by atoms with Gasteiger partial charge in [0.2, 0.25) is 0 Å². The first-order valence-electron chi connectivity index (χ1n) is 4.98. The summed E-state index contributed by atoms with van der Waals surface area (Å²) in [5.41, 5.74) is 2.95. The lowest BCUT2D eigenvalue weighted by Crippen LogP contribution is -1.94. The van der Waals surface area contributed by atoms with Gasteiger partial charge in [-0.25, -0.2) is 4.98 Å². The number of aryl methyl sites for hydroxylation is 1. The molecule has 0 aliphatic heterocycles. The summed E-state index contributed by atoms with van der Waals surface area (Å²) in [6.45, 7) is 1.91. The van der Waals surface area contributed by atoms with Crippen LogP contribution in [0.2, 0.25) is 0 Å². The first-order chi connectivity index (χ1) is 7.29. The number of imidazole rings is 1. The van der Waals surface area contributed by atoms with Crippen LogP contribution in [-0.4, -0.2) is 15.1 Å². The van der Waals surface area contributed by atoms with E-state index < -0.39 is 0 Å². The standard InChI is InChI=1S/C12H14N2O/c1-9-13-11(12(8-15)14-9)7-10-5-3-2-4-6-10/h2-6,15H,7-8H2,1H3,(H,13,14). The van der Waals surface area contributed by atoms with Crippen molar-refractivity contribution in [2.24, 2.45) is 0 Å². The summed E-state index contributed by atoms with van der Waals surface area (Å²) in [7, 11) is 0. The molecule has 0 bridgehead atoms. The summed E-state index contributed by atoms with van der Waals surface area (Å²) >= 11 is 0. The van der Waals surface area contributed by atoms with Crippen molar-refractivity contribution >= 4 is 0 Å². The van der Waals surface area contributed by atoms with Gasteiger partial charge in [-0.15, -0.1) is 0 Å². The molecule has 1 aromatic carbocycles. The van der Waals surface area contributed by atoms with Gasteiger partial charge in [-0.05, 0) is 12.5 Å². The van der Waals surface area contributed by atoms with Gasteiger partial charge in [0.1, 0.15) is 5.82 Å². The average molecular weight is 202 g/mol. The molecule has 2 rings (SSSR count). The molecule has 1 aromatic heterocycles. The SMILES string of the molecule is Cc1nc(Cc2ccccc2)c(CO)[nH]1. The number of nitrogens with zero attached hydrogens (tertiary/aromatic N) is 1. The van der Waals surface area contributed by atoms with Gasteiger partial charge < -0.3 is 10.1 Å². The van der Waals surface area contributed by atoms with Crippen LogP contribution < -0.4 is 0 Å². The molecule has 15 heavy (non-hydrogen) atoms. The van der Waals surface area contributed by atoms with Crippen LogP contribution >= 0.6 is 0 Å². The van der Waals surface area contributed by atoms with Gasteiger partial charge in [0.25, 0.3) is 0 Å². The van der Waals surface area contributed by atoms with E-state index in [1.165, 1.54) is 5.56 Å². The zero-order chi connectivity index (χ0) is 10.7. The fourth-order valence-electron chi connectivity index (χ4n) is 1.65.